The molecule has 3 nitrogen and oxygen atoms in total. The van der Waals surface area contributed by atoms with Gasteiger partial charge in [-0.3, -0.25) is 4.90 Å². The van der Waals surface area contributed by atoms with Crippen molar-refractivity contribution in [2.75, 3.05) is 13.1 Å². The molecule has 1 aromatic rings. The molecule has 1 atom stereocenters. The second-order valence-corrected chi connectivity index (χ2v) is 7.44. The van der Waals surface area contributed by atoms with E-state index in [0.29, 0.717) is 11.6 Å². The first kappa shape index (κ1) is 14.5. The molecule has 1 saturated heterocycles. The Hall–Kier alpha value is -0.450. The van der Waals surface area contributed by atoms with E-state index in [1.165, 1.54) is 63.0 Å². The van der Waals surface area contributed by atoms with Gasteiger partial charge in [0.1, 0.15) is 5.01 Å². The number of rotatable bonds is 4. The van der Waals surface area contributed by atoms with Gasteiger partial charge < -0.3 is 5.32 Å². The molecule has 2 heterocycles. The fraction of sp³-hybridized carbons (Fsp3) is 0.812. The first-order valence-corrected chi connectivity index (χ1v) is 9.07. The highest BCUT2D eigenvalue weighted by Gasteiger charge is 2.42. The maximum absolute atomic E-state index is 4.52. The normalized spacial score (nSPS) is 26.9. The Bertz CT molecular complexity index is 398. The summed E-state index contributed by atoms with van der Waals surface area (Å²) in [5.74, 6) is 0. The van der Waals surface area contributed by atoms with Gasteiger partial charge in [-0.2, -0.15) is 0 Å². The smallest absolute Gasteiger partial charge is 0.107 e. The second kappa shape index (κ2) is 6.54. The second-order valence-electron chi connectivity index (χ2n) is 6.46. The lowest BCUT2D eigenvalue weighted by atomic mass is 9.78. The highest BCUT2D eigenvalue weighted by atomic mass is 32.1. The molecule has 3 rings (SSSR count). The molecule has 0 radical (unpaired) electrons. The van der Waals surface area contributed by atoms with Crippen molar-refractivity contribution < 1.29 is 0 Å². The summed E-state index contributed by atoms with van der Waals surface area (Å²) >= 11 is 1.81. The van der Waals surface area contributed by atoms with Crippen molar-refractivity contribution in [2.24, 2.45) is 0 Å². The van der Waals surface area contributed by atoms with Crippen LogP contribution >= 0.6 is 11.3 Å². The average Bonchev–Trinajstić information content (AvgIpc) is 2.97. The van der Waals surface area contributed by atoms with E-state index in [0.717, 1.165) is 6.54 Å². The van der Waals surface area contributed by atoms with Gasteiger partial charge in [0.05, 0.1) is 6.54 Å². The predicted octanol–water partition coefficient (Wildman–Crippen LogP) is 3.42. The third-order valence-electron chi connectivity index (χ3n) is 5.06. The summed E-state index contributed by atoms with van der Waals surface area (Å²) in [5.41, 5.74) is 0.411. The minimum atomic E-state index is 0.411. The van der Waals surface area contributed by atoms with Crippen molar-refractivity contribution in [1.82, 2.24) is 15.2 Å². The summed E-state index contributed by atoms with van der Waals surface area (Å²) in [4.78, 5) is 7.28. The number of nitrogens with zero attached hydrogens (tertiary/aromatic N) is 2. The van der Waals surface area contributed by atoms with Crippen LogP contribution in [0.4, 0.5) is 0 Å². The van der Waals surface area contributed by atoms with Gasteiger partial charge in [-0.1, -0.05) is 32.6 Å². The number of piperazine rings is 1. The molecule has 1 N–H and O–H groups in total. The molecule has 1 aliphatic heterocycles. The molecule has 0 amide bonds. The number of aromatic nitrogens is 1. The highest BCUT2D eigenvalue weighted by Crippen LogP contribution is 2.36. The van der Waals surface area contributed by atoms with Crippen LogP contribution in [-0.4, -0.2) is 34.6 Å². The Kier molecular flexibility index (Phi) is 4.74. The number of hydrogen-bond acceptors (Lipinski definition) is 4. The zero-order valence-corrected chi connectivity index (χ0v) is 13.4. The van der Waals surface area contributed by atoms with Gasteiger partial charge in [0.25, 0.3) is 0 Å². The van der Waals surface area contributed by atoms with Crippen molar-refractivity contribution in [2.45, 2.75) is 70.0 Å². The van der Waals surface area contributed by atoms with Crippen molar-refractivity contribution in [1.29, 1.82) is 0 Å². The van der Waals surface area contributed by atoms with Crippen LogP contribution < -0.4 is 5.32 Å². The molecule has 2 aliphatic rings. The zero-order valence-electron chi connectivity index (χ0n) is 12.6. The van der Waals surface area contributed by atoms with Crippen molar-refractivity contribution in [3.05, 3.63) is 16.6 Å². The molecule has 2 fully saturated rings. The van der Waals surface area contributed by atoms with Crippen LogP contribution in [0.2, 0.25) is 0 Å². The molecule has 0 aromatic carbocycles. The topological polar surface area (TPSA) is 28.2 Å². The Morgan fingerprint density at radius 2 is 2.25 bits per heavy atom. The number of thiazole rings is 1. The van der Waals surface area contributed by atoms with Gasteiger partial charge in [0.15, 0.2) is 0 Å². The quantitative estimate of drug-likeness (QED) is 0.922. The van der Waals surface area contributed by atoms with Crippen molar-refractivity contribution in [3.63, 3.8) is 0 Å². The van der Waals surface area contributed by atoms with Crippen LogP contribution in [0.15, 0.2) is 11.6 Å². The van der Waals surface area contributed by atoms with E-state index < -0.39 is 0 Å². The van der Waals surface area contributed by atoms with Crippen LogP contribution in [0, 0.1) is 0 Å². The molecular weight excluding hydrogens is 266 g/mol. The van der Waals surface area contributed by atoms with E-state index in [2.05, 4.69) is 27.5 Å². The maximum Gasteiger partial charge on any atom is 0.107 e. The molecule has 1 unspecified atom stereocenters. The highest BCUT2D eigenvalue weighted by molar-refractivity contribution is 7.09. The predicted molar refractivity (Wildman–Crippen MR) is 85.0 cm³/mol. The first-order valence-electron chi connectivity index (χ1n) is 8.19. The van der Waals surface area contributed by atoms with Crippen LogP contribution in [0.3, 0.4) is 0 Å². The van der Waals surface area contributed by atoms with Gasteiger partial charge in [-0.15, -0.1) is 11.3 Å². The molecule has 1 aromatic heterocycles. The first-order chi connectivity index (χ1) is 9.82. The van der Waals surface area contributed by atoms with E-state index in [1.807, 2.05) is 6.20 Å². The van der Waals surface area contributed by atoms with E-state index in [-0.39, 0.29) is 0 Å². The lowest BCUT2D eigenvalue weighted by molar-refractivity contribution is 0.00184. The maximum atomic E-state index is 4.52. The molecule has 0 bridgehead atoms. The standard InChI is InChI=1S/C16H27N3S/c1-2-6-14-11-19(12-15-17-9-10-20-15)16(13-18-14)7-4-3-5-8-16/h9-10,14,18H,2-8,11-13H2,1H3. The summed E-state index contributed by atoms with van der Waals surface area (Å²) in [6, 6.07) is 0.674. The monoisotopic (exact) mass is 293 g/mol. The minimum absolute atomic E-state index is 0.411. The van der Waals surface area contributed by atoms with Gasteiger partial charge in [0, 0.05) is 36.2 Å². The van der Waals surface area contributed by atoms with E-state index in [1.54, 1.807) is 11.3 Å². The fourth-order valence-corrected chi connectivity index (χ4v) is 4.57. The molecule has 4 heteroatoms. The van der Waals surface area contributed by atoms with E-state index in [4.69, 9.17) is 0 Å². The Morgan fingerprint density at radius 3 is 2.95 bits per heavy atom. The van der Waals surface area contributed by atoms with Gasteiger partial charge in [-0.05, 0) is 19.3 Å². The Balaban J connectivity index is 1.74. The minimum Gasteiger partial charge on any atom is -0.311 e. The van der Waals surface area contributed by atoms with Crippen LogP contribution in [0.25, 0.3) is 0 Å². The molecule has 1 aliphatic carbocycles. The number of nitrogens with one attached hydrogen (secondary N) is 1. The third-order valence-corrected chi connectivity index (χ3v) is 5.83. The largest absolute Gasteiger partial charge is 0.311 e. The molecular formula is C16H27N3S. The van der Waals surface area contributed by atoms with Crippen LogP contribution in [-0.2, 0) is 6.54 Å². The fourth-order valence-electron chi connectivity index (χ4n) is 3.94. The molecule has 1 saturated carbocycles. The van der Waals surface area contributed by atoms with Crippen LogP contribution in [0.5, 0.6) is 0 Å². The molecule has 1 spiro atoms. The summed E-state index contributed by atoms with van der Waals surface area (Å²) in [6.45, 7) is 5.73. The lowest BCUT2D eigenvalue weighted by Gasteiger charge is -2.52. The van der Waals surface area contributed by atoms with Crippen LogP contribution in [0.1, 0.15) is 56.9 Å². The summed E-state index contributed by atoms with van der Waals surface area (Å²) in [7, 11) is 0. The summed E-state index contributed by atoms with van der Waals surface area (Å²) in [5, 5.41) is 7.22. The molecule has 112 valence electrons. The van der Waals surface area contributed by atoms with Crippen molar-refractivity contribution >= 4 is 11.3 Å². The van der Waals surface area contributed by atoms with Gasteiger partial charge in [-0.25, -0.2) is 4.98 Å². The SMILES string of the molecule is CCCC1CN(Cc2nccs2)C2(CCCCC2)CN1. The van der Waals surface area contributed by atoms with Gasteiger partial charge >= 0.3 is 0 Å². The molecule has 20 heavy (non-hydrogen) atoms. The summed E-state index contributed by atoms with van der Waals surface area (Å²) in [6.07, 6.45) is 11.5. The zero-order chi connectivity index (χ0) is 13.8. The van der Waals surface area contributed by atoms with Gasteiger partial charge in [0.2, 0.25) is 0 Å². The Morgan fingerprint density at radius 1 is 1.40 bits per heavy atom. The number of hydrogen-bond donors (Lipinski definition) is 1. The van der Waals surface area contributed by atoms with E-state index >= 15 is 0 Å². The Labute approximate surface area is 126 Å². The summed E-state index contributed by atoms with van der Waals surface area (Å²) < 4.78 is 0. The van der Waals surface area contributed by atoms with Crippen molar-refractivity contribution in [3.8, 4) is 0 Å². The van der Waals surface area contributed by atoms with E-state index in [9.17, 15) is 0 Å². The lowest BCUT2D eigenvalue weighted by Crippen LogP contribution is -2.64. The third kappa shape index (κ3) is 3.07. The average molecular weight is 293 g/mol.